The number of anilines is 1. The molecular weight excluding hydrogens is 393 g/mol. The second kappa shape index (κ2) is 7.08. The SMILES string of the molecule is FC(F)(F)c1cc(N2CCC[C@H]2c2nc3ccccc3[nH]2)nc(-c2ccncc2)n1. The molecule has 3 aromatic heterocycles. The maximum atomic E-state index is 13.6. The van der Waals surface area contributed by atoms with Gasteiger partial charge in [-0.3, -0.25) is 4.98 Å². The van der Waals surface area contributed by atoms with Crippen LogP contribution in [0.1, 0.15) is 30.4 Å². The van der Waals surface area contributed by atoms with Gasteiger partial charge in [0.15, 0.2) is 11.5 Å². The summed E-state index contributed by atoms with van der Waals surface area (Å²) < 4.78 is 40.7. The number of rotatable bonds is 3. The number of H-pyrrole nitrogens is 1. The standard InChI is InChI=1S/C21H17F3N6/c22-21(23,24)17-12-18(29-19(28-17)13-7-9-25-10-8-13)30-11-3-6-16(30)20-26-14-4-1-2-5-15(14)27-20/h1-2,4-5,7-10,12,16H,3,6,11H2,(H,26,27)/t16-/m0/s1. The third kappa shape index (κ3) is 3.36. The molecule has 0 unspecified atom stereocenters. The van der Waals surface area contributed by atoms with Gasteiger partial charge in [0, 0.05) is 30.6 Å². The lowest BCUT2D eigenvalue weighted by Crippen LogP contribution is -2.25. The lowest BCUT2D eigenvalue weighted by molar-refractivity contribution is -0.141. The van der Waals surface area contributed by atoms with Crippen LogP contribution in [-0.4, -0.2) is 31.5 Å². The van der Waals surface area contributed by atoms with Crippen LogP contribution in [0.5, 0.6) is 0 Å². The Morgan fingerprint density at radius 2 is 1.80 bits per heavy atom. The molecule has 0 saturated carbocycles. The first-order valence-electron chi connectivity index (χ1n) is 9.57. The fourth-order valence-electron chi connectivity index (χ4n) is 3.81. The number of aromatic nitrogens is 5. The number of halogens is 3. The Bertz CT molecular complexity index is 1160. The van der Waals surface area contributed by atoms with E-state index in [0.717, 1.165) is 35.8 Å². The molecule has 152 valence electrons. The van der Waals surface area contributed by atoms with Gasteiger partial charge in [-0.05, 0) is 37.1 Å². The van der Waals surface area contributed by atoms with Crippen LogP contribution in [0.15, 0.2) is 54.9 Å². The minimum atomic E-state index is -4.58. The lowest BCUT2D eigenvalue weighted by atomic mass is 10.2. The number of imidazole rings is 1. The van der Waals surface area contributed by atoms with E-state index in [1.807, 2.05) is 29.2 Å². The molecular formula is C21H17F3N6. The zero-order valence-corrected chi connectivity index (χ0v) is 15.8. The smallest absolute Gasteiger partial charge is 0.346 e. The molecule has 0 spiro atoms. The third-order valence-electron chi connectivity index (χ3n) is 5.21. The summed E-state index contributed by atoms with van der Waals surface area (Å²) in [6, 6.07) is 11.7. The summed E-state index contributed by atoms with van der Waals surface area (Å²) in [5.41, 5.74) is 1.25. The van der Waals surface area contributed by atoms with Gasteiger partial charge in [-0.2, -0.15) is 13.2 Å². The largest absolute Gasteiger partial charge is 0.433 e. The zero-order valence-electron chi connectivity index (χ0n) is 15.8. The maximum absolute atomic E-state index is 13.6. The maximum Gasteiger partial charge on any atom is 0.433 e. The number of alkyl halides is 3. The molecule has 0 amide bonds. The van der Waals surface area contributed by atoms with Crippen LogP contribution in [0.2, 0.25) is 0 Å². The van der Waals surface area contributed by atoms with Crippen LogP contribution >= 0.6 is 0 Å². The van der Waals surface area contributed by atoms with Crippen molar-refractivity contribution in [3.8, 4) is 11.4 Å². The van der Waals surface area contributed by atoms with Crippen LogP contribution < -0.4 is 4.90 Å². The normalized spacial score (nSPS) is 17.0. The predicted molar refractivity (Wildman–Crippen MR) is 106 cm³/mol. The van der Waals surface area contributed by atoms with Gasteiger partial charge >= 0.3 is 6.18 Å². The highest BCUT2D eigenvalue weighted by Gasteiger charge is 2.36. The van der Waals surface area contributed by atoms with Crippen molar-refractivity contribution in [2.24, 2.45) is 0 Å². The van der Waals surface area contributed by atoms with Gasteiger partial charge in [-0.25, -0.2) is 15.0 Å². The quantitative estimate of drug-likeness (QED) is 0.527. The average Bonchev–Trinajstić information content (AvgIpc) is 3.40. The van der Waals surface area contributed by atoms with E-state index in [9.17, 15) is 13.2 Å². The van der Waals surface area contributed by atoms with Crippen molar-refractivity contribution in [3.63, 3.8) is 0 Å². The first-order chi connectivity index (χ1) is 14.5. The predicted octanol–water partition coefficient (Wildman–Crippen LogP) is 4.78. The number of nitrogens with one attached hydrogen (secondary N) is 1. The minimum Gasteiger partial charge on any atom is -0.346 e. The van der Waals surface area contributed by atoms with E-state index in [4.69, 9.17) is 0 Å². The van der Waals surface area contributed by atoms with Crippen molar-refractivity contribution in [1.82, 2.24) is 24.9 Å². The molecule has 1 saturated heterocycles. The number of benzene rings is 1. The fraction of sp³-hybridized carbons (Fsp3) is 0.238. The van der Waals surface area contributed by atoms with Crippen LogP contribution in [0.25, 0.3) is 22.4 Å². The molecule has 0 radical (unpaired) electrons. The van der Waals surface area contributed by atoms with E-state index in [0.29, 0.717) is 12.1 Å². The molecule has 4 heterocycles. The molecule has 1 fully saturated rings. The van der Waals surface area contributed by atoms with Crippen molar-refractivity contribution in [2.45, 2.75) is 25.1 Å². The van der Waals surface area contributed by atoms with Gasteiger partial charge in [0.05, 0.1) is 17.1 Å². The summed E-state index contributed by atoms with van der Waals surface area (Å²) in [7, 11) is 0. The number of hydrogen-bond acceptors (Lipinski definition) is 5. The van der Waals surface area contributed by atoms with Crippen LogP contribution in [-0.2, 0) is 6.18 Å². The number of hydrogen-bond donors (Lipinski definition) is 1. The second-order valence-electron chi connectivity index (χ2n) is 7.16. The summed E-state index contributed by atoms with van der Waals surface area (Å²) in [4.78, 5) is 22.0. The van der Waals surface area contributed by atoms with E-state index in [1.165, 1.54) is 12.4 Å². The molecule has 1 N–H and O–H groups in total. The minimum absolute atomic E-state index is 0.0254. The highest BCUT2D eigenvalue weighted by molar-refractivity contribution is 5.75. The molecule has 1 aromatic carbocycles. The first-order valence-corrected chi connectivity index (χ1v) is 9.57. The summed E-state index contributed by atoms with van der Waals surface area (Å²) in [5.74, 6) is 0.996. The van der Waals surface area contributed by atoms with Crippen molar-refractivity contribution >= 4 is 16.9 Å². The zero-order chi connectivity index (χ0) is 20.7. The van der Waals surface area contributed by atoms with E-state index in [1.54, 1.807) is 12.1 Å². The molecule has 0 aliphatic carbocycles. The van der Waals surface area contributed by atoms with E-state index < -0.39 is 11.9 Å². The Labute approximate surface area is 169 Å². The lowest BCUT2D eigenvalue weighted by Gasteiger charge is -2.25. The Morgan fingerprint density at radius 1 is 1.00 bits per heavy atom. The molecule has 1 aliphatic heterocycles. The van der Waals surface area contributed by atoms with Gasteiger partial charge in [-0.15, -0.1) is 0 Å². The fourth-order valence-corrected chi connectivity index (χ4v) is 3.81. The number of fused-ring (bicyclic) bond motifs is 1. The van der Waals surface area contributed by atoms with Crippen molar-refractivity contribution < 1.29 is 13.2 Å². The van der Waals surface area contributed by atoms with E-state index in [2.05, 4.69) is 24.9 Å². The Balaban J connectivity index is 1.59. The highest BCUT2D eigenvalue weighted by Crippen LogP contribution is 2.38. The summed E-state index contributed by atoms with van der Waals surface area (Å²) in [6.45, 7) is 0.589. The van der Waals surface area contributed by atoms with Gasteiger partial charge in [0.25, 0.3) is 0 Å². The van der Waals surface area contributed by atoms with E-state index in [-0.39, 0.29) is 17.7 Å². The molecule has 1 atom stereocenters. The topological polar surface area (TPSA) is 70.6 Å². The molecule has 30 heavy (non-hydrogen) atoms. The first kappa shape index (κ1) is 18.5. The van der Waals surface area contributed by atoms with E-state index >= 15 is 0 Å². The molecule has 1 aliphatic rings. The van der Waals surface area contributed by atoms with Gasteiger partial charge in [0.2, 0.25) is 0 Å². The molecule has 0 bridgehead atoms. The van der Waals surface area contributed by atoms with Gasteiger partial charge in [0.1, 0.15) is 11.6 Å². The summed E-state index contributed by atoms with van der Waals surface area (Å²) in [5, 5.41) is 0. The average molecular weight is 410 g/mol. The van der Waals surface area contributed by atoms with Gasteiger partial charge < -0.3 is 9.88 Å². The molecule has 6 nitrogen and oxygen atoms in total. The molecule has 5 rings (SSSR count). The van der Waals surface area contributed by atoms with Crippen LogP contribution in [0.3, 0.4) is 0 Å². The van der Waals surface area contributed by atoms with Crippen LogP contribution in [0, 0.1) is 0 Å². The third-order valence-corrected chi connectivity index (χ3v) is 5.21. The highest BCUT2D eigenvalue weighted by atomic mass is 19.4. The number of aromatic amines is 1. The second-order valence-corrected chi connectivity index (χ2v) is 7.16. The summed E-state index contributed by atoms with van der Waals surface area (Å²) >= 11 is 0. The van der Waals surface area contributed by atoms with Gasteiger partial charge in [-0.1, -0.05) is 12.1 Å². The van der Waals surface area contributed by atoms with Crippen molar-refractivity contribution in [2.75, 3.05) is 11.4 Å². The Kier molecular flexibility index (Phi) is 4.38. The Hall–Kier alpha value is -3.49. The summed E-state index contributed by atoms with van der Waals surface area (Å²) in [6.07, 6.45) is 0.0405. The number of para-hydroxylation sites is 2. The monoisotopic (exact) mass is 410 g/mol. The number of pyridine rings is 1. The molecule has 9 heteroatoms. The van der Waals surface area contributed by atoms with Crippen molar-refractivity contribution in [1.29, 1.82) is 0 Å². The van der Waals surface area contributed by atoms with Crippen molar-refractivity contribution in [3.05, 3.63) is 66.4 Å². The number of nitrogens with zero attached hydrogens (tertiary/aromatic N) is 5. The molecule has 4 aromatic rings. The van der Waals surface area contributed by atoms with Crippen LogP contribution in [0.4, 0.5) is 19.0 Å². The Morgan fingerprint density at radius 3 is 2.57 bits per heavy atom.